The van der Waals surface area contributed by atoms with E-state index in [1.54, 1.807) is 20.8 Å². The Morgan fingerprint density at radius 2 is 1.43 bits per heavy atom. The molecule has 2 aromatic rings. The summed E-state index contributed by atoms with van der Waals surface area (Å²) in [6, 6.07) is 13.2. The Balaban J connectivity index is 1.64. The van der Waals surface area contributed by atoms with Gasteiger partial charge in [0.05, 0.1) is 0 Å². The predicted octanol–water partition coefficient (Wildman–Crippen LogP) is 4.85. The first kappa shape index (κ1) is 30.5. The number of benzene rings is 2. The fraction of sp³-hybridized carbons (Fsp3) is 0.467. The maximum absolute atomic E-state index is 13.0. The molecule has 0 heterocycles. The van der Waals surface area contributed by atoms with Gasteiger partial charge in [-0.25, -0.2) is 19.2 Å². The standard InChI is InChI=1S/C30H38N2O8/c1-17(2)15-24(27(35)39-18(3)25(26(33)34)32-29(37)40-30(4,5)6)31-28(36)38-16-23-21-13-9-7-11-19(21)20-12-8-10-14-22(20)23/h7-14,17-18,23-25H,15-16H2,1-6H3,(H,31,36)(H,32,37)(H,33,34)/t18-,24-,25+/m0/s1. The van der Waals surface area contributed by atoms with Gasteiger partial charge in [0.2, 0.25) is 0 Å². The number of carbonyl (C=O) groups is 4. The van der Waals surface area contributed by atoms with E-state index < -0.39 is 47.9 Å². The highest BCUT2D eigenvalue weighted by Gasteiger charge is 2.34. The fourth-order valence-corrected chi connectivity index (χ4v) is 4.62. The highest BCUT2D eigenvalue weighted by molar-refractivity contribution is 5.84. The first-order valence-electron chi connectivity index (χ1n) is 13.3. The smallest absolute Gasteiger partial charge is 0.408 e. The Labute approximate surface area is 234 Å². The zero-order valence-electron chi connectivity index (χ0n) is 23.7. The van der Waals surface area contributed by atoms with Gasteiger partial charge in [-0.3, -0.25) is 0 Å². The van der Waals surface area contributed by atoms with Gasteiger partial charge < -0.3 is 30.0 Å². The summed E-state index contributed by atoms with van der Waals surface area (Å²) in [5.41, 5.74) is 3.45. The third kappa shape index (κ3) is 7.97. The molecule has 0 fully saturated rings. The van der Waals surface area contributed by atoms with Crippen molar-refractivity contribution in [3.63, 3.8) is 0 Å². The van der Waals surface area contributed by atoms with E-state index in [1.165, 1.54) is 6.92 Å². The fourth-order valence-electron chi connectivity index (χ4n) is 4.62. The minimum Gasteiger partial charge on any atom is -0.480 e. The van der Waals surface area contributed by atoms with E-state index in [4.69, 9.17) is 14.2 Å². The predicted molar refractivity (Wildman–Crippen MR) is 148 cm³/mol. The average molecular weight is 555 g/mol. The molecular weight excluding hydrogens is 516 g/mol. The lowest BCUT2D eigenvalue weighted by Gasteiger charge is -2.26. The SMILES string of the molecule is CC(C)C[C@H](NC(=O)OCC1c2ccccc2-c2ccccc21)C(=O)O[C@@H](C)[C@@H](NC(=O)OC(C)(C)C)C(=O)O. The molecule has 0 saturated heterocycles. The van der Waals surface area contributed by atoms with Crippen LogP contribution in [0.2, 0.25) is 0 Å². The Kier molecular flexibility index (Phi) is 9.78. The number of aliphatic carboxylic acids is 1. The van der Waals surface area contributed by atoms with Crippen molar-refractivity contribution in [1.82, 2.24) is 10.6 Å². The lowest BCUT2D eigenvalue weighted by atomic mass is 9.98. The highest BCUT2D eigenvalue weighted by atomic mass is 16.6. The van der Waals surface area contributed by atoms with Crippen LogP contribution in [0.4, 0.5) is 9.59 Å². The second-order valence-corrected chi connectivity index (χ2v) is 11.3. The molecule has 3 rings (SSSR count). The molecule has 10 nitrogen and oxygen atoms in total. The Morgan fingerprint density at radius 3 is 1.93 bits per heavy atom. The molecule has 2 amide bonds. The van der Waals surface area contributed by atoms with E-state index in [0.29, 0.717) is 0 Å². The lowest BCUT2D eigenvalue weighted by Crippen LogP contribution is -2.52. The van der Waals surface area contributed by atoms with Gasteiger partial charge in [0.25, 0.3) is 0 Å². The van der Waals surface area contributed by atoms with Crippen LogP contribution in [-0.2, 0) is 23.8 Å². The quantitative estimate of drug-likeness (QED) is 0.280. The molecule has 3 atom stereocenters. The van der Waals surface area contributed by atoms with Crippen molar-refractivity contribution in [3.8, 4) is 11.1 Å². The number of amides is 2. The van der Waals surface area contributed by atoms with E-state index in [-0.39, 0.29) is 24.9 Å². The van der Waals surface area contributed by atoms with Crippen molar-refractivity contribution in [1.29, 1.82) is 0 Å². The molecule has 0 bridgehead atoms. The molecule has 0 radical (unpaired) electrons. The summed E-state index contributed by atoms with van der Waals surface area (Å²) in [5.74, 6) is -2.40. The van der Waals surface area contributed by atoms with Crippen LogP contribution in [0.3, 0.4) is 0 Å². The molecule has 0 aliphatic heterocycles. The van der Waals surface area contributed by atoms with Crippen LogP contribution in [0.1, 0.15) is 65.0 Å². The minimum atomic E-state index is -1.56. The number of carbonyl (C=O) groups excluding carboxylic acids is 3. The van der Waals surface area contributed by atoms with E-state index >= 15 is 0 Å². The van der Waals surface area contributed by atoms with Crippen LogP contribution >= 0.6 is 0 Å². The molecular formula is C30H38N2O8. The van der Waals surface area contributed by atoms with Crippen LogP contribution in [0.15, 0.2) is 48.5 Å². The largest absolute Gasteiger partial charge is 0.480 e. The number of rotatable bonds is 10. The highest BCUT2D eigenvalue weighted by Crippen LogP contribution is 2.44. The molecule has 0 saturated carbocycles. The number of carboxylic acid groups (broad SMARTS) is 1. The maximum Gasteiger partial charge on any atom is 0.408 e. The third-order valence-electron chi connectivity index (χ3n) is 6.34. The first-order chi connectivity index (χ1) is 18.8. The molecule has 1 aliphatic carbocycles. The van der Waals surface area contributed by atoms with Gasteiger partial charge in [0.1, 0.15) is 24.4 Å². The van der Waals surface area contributed by atoms with Gasteiger partial charge in [-0.2, -0.15) is 0 Å². The summed E-state index contributed by atoms with van der Waals surface area (Å²) >= 11 is 0. The first-order valence-corrected chi connectivity index (χ1v) is 13.3. The molecule has 0 unspecified atom stereocenters. The molecule has 0 aromatic heterocycles. The van der Waals surface area contributed by atoms with Crippen molar-refractivity contribution in [2.45, 2.75) is 77.7 Å². The molecule has 216 valence electrons. The summed E-state index contributed by atoms with van der Waals surface area (Å²) in [7, 11) is 0. The zero-order valence-corrected chi connectivity index (χ0v) is 23.7. The molecule has 10 heteroatoms. The lowest BCUT2D eigenvalue weighted by molar-refractivity contribution is -0.156. The molecule has 3 N–H and O–H groups in total. The number of ether oxygens (including phenoxy) is 3. The van der Waals surface area contributed by atoms with Gasteiger partial charge >= 0.3 is 24.1 Å². The van der Waals surface area contributed by atoms with Crippen molar-refractivity contribution in [3.05, 3.63) is 59.7 Å². The van der Waals surface area contributed by atoms with Crippen LogP contribution in [-0.4, -0.2) is 59.6 Å². The minimum absolute atomic E-state index is 0.00287. The average Bonchev–Trinajstić information content (AvgIpc) is 3.17. The number of nitrogens with one attached hydrogen (secondary N) is 2. The van der Waals surface area contributed by atoms with E-state index in [1.807, 2.05) is 62.4 Å². The summed E-state index contributed by atoms with van der Waals surface area (Å²) in [6.45, 7) is 10.1. The number of hydrogen-bond acceptors (Lipinski definition) is 7. The van der Waals surface area contributed by atoms with Gasteiger partial charge in [0.15, 0.2) is 6.04 Å². The van der Waals surface area contributed by atoms with Crippen molar-refractivity contribution >= 4 is 24.1 Å². The summed E-state index contributed by atoms with van der Waals surface area (Å²) in [5, 5.41) is 14.4. The number of hydrogen-bond donors (Lipinski definition) is 3. The molecule has 1 aliphatic rings. The zero-order chi connectivity index (χ0) is 29.6. The Hall–Kier alpha value is -4.08. The van der Waals surface area contributed by atoms with Gasteiger partial charge in [0, 0.05) is 5.92 Å². The summed E-state index contributed by atoms with van der Waals surface area (Å²) < 4.78 is 16.1. The van der Waals surface area contributed by atoms with E-state index in [2.05, 4.69) is 10.6 Å². The second kappa shape index (κ2) is 12.8. The van der Waals surface area contributed by atoms with Crippen LogP contribution in [0.5, 0.6) is 0 Å². The number of esters is 1. The van der Waals surface area contributed by atoms with Crippen LogP contribution < -0.4 is 10.6 Å². The van der Waals surface area contributed by atoms with E-state index in [9.17, 15) is 24.3 Å². The Morgan fingerprint density at radius 1 is 0.875 bits per heavy atom. The van der Waals surface area contributed by atoms with Gasteiger partial charge in [-0.15, -0.1) is 0 Å². The van der Waals surface area contributed by atoms with Gasteiger partial charge in [-0.05, 0) is 62.3 Å². The van der Waals surface area contributed by atoms with Crippen molar-refractivity contribution in [2.75, 3.05) is 6.61 Å². The monoisotopic (exact) mass is 554 g/mol. The molecule has 40 heavy (non-hydrogen) atoms. The topological polar surface area (TPSA) is 140 Å². The summed E-state index contributed by atoms with van der Waals surface area (Å²) in [6.07, 6.45) is -2.78. The van der Waals surface area contributed by atoms with E-state index in [0.717, 1.165) is 22.3 Å². The molecule has 0 spiro atoms. The van der Waals surface area contributed by atoms with Gasteiger partial charge in [-0.1, -0.05) is 62.4 Å². The molecule has 2 aromatic carbocycles. The van der Waals surface area contributed by atoms with Crippen LogP contribution in [0.25, 0.3) is 11.1 Å². The normalized spacial score (nSPS) is 14.8. The number of alkyl carbamates (subject to hydrolysis) is 2. The second-order valence-electron chi connectivity index (χ2n) is 11.3. The van der Waals surface area contributed by atoms with Crippen molar-refractivity contribution < 1.29 is 38.5 Å². The third-order valence-corrected chi connectivity index (χ3v) is 6.34. The summed E-state index contributed by atoms with van der Waals surface area (Å²) in [4.78, 5) is 49.7. The number of fused-ring (bicyclic) bond motifs is 3. The maximum atomic E-state index is 13.0. The van der Waals surface area contributed by atoms with Crippen LogP contribution in [0, 0.1) is 5.92 Å². The Bertz CT molecular complexity index is 1190. The number of carboxylic acids is 1. The van der Waals surface area contributed by atoms with Crippen molar-refractivity contribution in [2.24, 2.45) is 5.92 Å².